The van der Waals surface area contributed by atoms with Crippen molar-refractivity contribution in [2.45, 2.75) is 51.7 Å². The number of piperidine rings is 1. The van der Waals surface area contributed by atoms with Crippen LogP contribution in [-0.4, -0.2) is 39.5 Å². The van der Waals surface area contributed by atoms with E-state index in [1.807, 2.05) is 20.8 Å². The van der Waals surface area contributed by atoms with E-state index in [1.54, 1.807) is 4.90 Å². The van der Waals surface area contributed by atoms with E-state index < -0.39 is 12.0 Å². The van der Waals surface area contributed by atoms with Crippen molar-refractivity contribution in [2.24, 2.45) is 0 Å². The number of aromatic nitrogens is 2. The number of anilines is 1. The Morgan fingerprint density at radius 3 is 2.45 bits per heavy atom. The molecule has 0 saturated carbocycles. The largest absolute Gasteiger partial charge is 0.444 e. The van der Waals surface area contributed by atoms with Crippen molar-refractivity contribution in [3.8, 4) is 0 Å². The van der Waals surface area contributed by atoms with E-state index in [0.717, 1.165) is 0 Å². The Hall–Kier alpha value is -1.86. The highest BCUT2D eigenvalue weighted by Gasteiger charge is 2.28. The SMILES string of the molecule is CC(C)(C)OC(=O)N1CCC(n2cc(N)c(C(F)F)n2)CC1. The quantitative estimate of drug-likeness (QED) is 0.910. The molecule has 6 nitrogen and oxygen atoms in total. The van der Waals surface area contributed by atoms with Gasteiger partial charge in [0.25, 0.3) is 6.43 Å². The number of rotatable bonds is 2. The van der Waals surface area contributed by atoms with Gasteiger partial charge in [0, 0.05) is 19.3 Å². The summed E-state index contributed by atoms with van der Waals surface area (Å²) in [4.78, 5) is 13.6. The van der Waals surface area contributed by atoms with Gasteiger partial charge in [-0.05, 0) is 33.6 Å². The molecular weight excluding hydrogens is 294 g/mol. The van der Waals surface area contributed by atoms with Crippen LogP contribution in [0.2, 0.25) is 0 Å². The van der Waals surface area contributed by atoms with Crippen LogP contribution < -0.4 is 5.73 Å². The van der Waals surface area contributed by atoms with Crippen LogP contribution in [0.15, 0.2) is 6.20 Å². The zero-order chi connectivity index (χ0) is 16.5. The molecule has 1 amide bonds. The van der Waals surface area contributed by atoms with Crippen molar-refractivity contribution in [3.05, 3.63) is 11.9 Å². The fourth-order valence-electron chi connectivity index (χ4n) is 2.42. The predicted molar refractivity (Wildman–Crippen MR) is 77.7 cm³/mol. The summed E-state index contributed by atoms with van der Waals surface area (Å²) in [5, 5.41) is 3.87. The summed E-state index contributed by atoms with van der Waals surface area (Å²) in [5.41, 5.74) is 4.64. The molecular formula is C14H22F2N4O2. The van der Waals surface area contributed by atoms with Crippen molar-refractivity contribution in [2.75, 3.05) is 18.8 Å². The Morgan fingerprint density at radius 2 is 2.00 bits per heavy atom. The fourth-order valence-corrected chi connectivity index (χ4v) is 2.42. The van der Waals surface area contributed by atoms with Crippen LogP contribution >= 0.6 is 0 Å². The van der Waals surface area contributed by atoms with E-state index in [9.17, 15) is 13.6 Å². The number of nitrogen functional groups attached to an aromatic ring is 1. The number of halogens is 2. The number of alkyl halides is 2. The Kier molecular flexibility index (Phi) is 4.58. The number of nitrogens with zero attached hydrogens (tertiary/aromatic N) is 3. The number of hydrogen-bond donors (Lipinski definition) is 1. The summed E-state index contributed by atoms with van der Waals surface area (Å²) in [6.07, 6.45) is -0.330. The van der Waals surface area contributed by atoms with Crippen molar-refractivity contribution in [3.63, 3.8) is 0 Å². The molecule has 1 saturated heterocycles. The van der Waals surface area contributed by atoms with Crippen LogP contribution in [0.1, 0.15) is 51.8 Å². The Morgan fingerprint density at radius 1 is 1.41 bits per heavy atom. The Balaban J connectivity index is 1.95. The van der Waals surface area contributed by atoms with Crippen molar-refractivity contribution >= 4 is 11.8 Å². The molecule has 124 valence electrons. The lowest BCUT2D eigenvalue weighted by atomic mass is 10.1. The molecule has 1 aromatic heterocycles. The van der Waals surface area contributed by atoms with Gasteiger partial charge in [-0.2, -0.15) is 5.10 Å². The van der Waals surface area contributed by atoms with Crippen molar-refractivity contribution in [1.29, 1.82) is 0 Å². The minimum atomic E-state index is -2.68. The minimum Gasteiger partial charge on any atom is -0.444 e. The molecule has 0 aromatic carbocycles. The van der Waals surface area contributed by atoms with Crippen molar-refractivity contribution in [1.82, 2.24) is 14.7 Å². The average molecular weight is 316 g/mol. The lowest BCUT2D eigenvalue weighted by Crippen LogP contribution is -2.42. The highest BCUT2D eigenvalue weighted by molar-refractivity contribution is 5.68. The van der Waals surface area contributed by atoms with Gasteiger partial charge in [0.2, 0.25) is 0 Å². The molecule has 8 heteroatoms. The van der Waals surface area contributed by atoms with Gasteiger partial charge in [-0.25, -0.2) is 13.6 Å². The highest BCUT2D eigenvalue weighted by atomic mass is 19.3. The molecule has 0 radical (unpaired) electrons. The molecule has 1 aliphatic heterocycles. The second-order valence-electron chi connectivity index (χ2n) is 6.45. The zero-order valence-corrected chi connectivity index (χ0v) is 13.1. The third-order valence-electron chi connectivity index (χ3n) is 3.49. The first-order chi connectivity index (χ1) is 10.2. The van der Waals surface area contributed by atoms with Crippen molar-refractivity contribution < 1.29 is 18.3 Å². The monoisotopic (exact) mass is 316 g/mol. The topological polar surface area (TPSA) is 73.4 Å². The summed E-state index contributed by atoms with van der Waals surface area (Å²) in [6.45, 7) is 6.45. The first-order valence-corrected chi connectivity index (χ1v) is 7.28. The average Bonchev–Trinajstić information content (AvgIpc) is 2.79. The van der Waals surface area contributed by atoms with Crippen LogP contribution in [0, 0.1) is 0 Å². The number of nitrogens with two attached hydrogens (primary N) is 1. The molecule has 1 fully saturated rings. The van der Waals surface area contributed by atoms with Gasteiger partial charge in [-0.1, -0.05) is 0 Å². The molecule has 0 unspecified atom stereocenters. The van der Waals surface area contributed by atoms with Gasteiger partial charge in [0.05, 0.1) is 11.7 Å². The van der Waals surface area contributed by atoms with Crippen LogP contribution in [0.3, 0.4) is 0 Å². The van der Waals surface area contributed by atoms with Crippen LogP contribution in [-0.2, 0) is 4.74 Å². The normalized spacial score (nSPS) is 17.1. The van der Waals surface area contributed by atoms with Crippen LogP contribution in [0.5, 0.6) is 0 Å². The minimum absolute atomic E-state index is 0.00423. The van der Waals surface area contributed by atoms with E-state index in [1.165, 1.54) is 10.9 Å². The number of hydrogen-bond acceptors (Lipinski definition) is 4. The number of ether oxygens (including phenoxy) is 1. The summed E-state index contributed by atoms with van der Waals surface area (Å²) >= 11 is 0. The van der Waals surface area contributed by atoms with E-state index >= 15 is 0 Å². The maximum atomic E-state index is 12.7. The summed E-state index contributed by atoms with van der Waals surface area (Å²) in [5.74, 6) is 0. The van der Waals surface area contributed by atoms with Gasteiger partial charge in [-0.3, -0.25) is 4.68 Å². The molecule has 0 atom stereocenters. The third-order valence-corrected chi connectivity index (χ3v) is 3.49. The maximum absolute atomic E-state index is 12.7. The van der Waals surface area contributed by atoms with E-state index in [-0.39, 0.29) is 23.5 Å². The first-order valence-electron chi connectivity index (χ1n) is 7.28. The Labute approximate surface area is 128 Å². The molecule has 0 bridgehead atoms. The molecule has 2 N–H and O–H groups in total. The molecule has 0 spiro atoms. The van der Waals surface area contributed by atoms with Gasteiger partial charge in [0.15, 0.2) is 5.69 Å². The first kappa shape index (κ1) is 16.5. The van der Waals surface area contributed by atoms with Gasteiger partial charge in [0.1, 0.15) is 5.60 Å². The second-order valence-corrected chi connectivity index (χ2v) is 6.45. The lowest BCUT2D eigenvalue weighted by molar-refractivity contribution is 0.0184. The molecule has 22 heavy (non-hydrogen) atoms. The van der Waals surface area contributed by atoms with Crippen LogP contribution in [0.4, 0.5) is 19.3 Å². The molecule has 1 aliphatic rings. The van der Waals surface area contributed by atoms with Gasteiger partial charge < -0.3 is 15.4 Å². The Bertz CT molecular complexity index is 531. The van der Waals surface area contributed by atoms with E-state index in [4.69, 9.17) is 10.5 Å². The smallest absolute Gasteiger partial charge is 0.410 e. The summed E-state index contributed by atoms with van der Waals surface area (Å²) < 4.78 is 32.2. The fraction of sp³-hybridized carbons (Fsp3) is 0.714. The maximum Gasteiger partial charge on any atom is 0.410 e. The molecule has 2 rings (SSSR count). The standard InChI is InChI=1S/C14H22F2N4O2/c1-14(2,3)22-13(21)19-6-4-9(5-7-19)20-8-10(17)11(18-20)12(15)16/h8-9,12H,4-7,17H2,1-3H3. The zero-order valence-electron chi connectivity index (χ0n) is 13.1. The third kappa shape index (κ3) is 3.86. The molecule has 1 aromatic rings. The predicted octanol–water partition coefficient (Wildman–Crippen LogP) is 2.97. The van der Waals surface area contributed by atoms with Crippen LogP contribution in [0.25, 0.3) is 0 Å². The van der Waals surface area contributed by atoms with E-state index in [0.29, 0.717) is 25.9 Å². The van der Waals surface area contributed by atoms with Gasteiger partial charge in [-0.15, -0.1) is 0 Å². The molecule has 0 aliphatic carbocycles. The number of carbonyl (C=O) groups excluding carboxylic acids is 1. The summed E-state index contributed by atoms with van der Waals surface area (Å²) in [6, 6.07) is -0.0338. The molecule has 2 heterocycles. The number of likely N-dealkylation sites (tertiary alicyclic amines) is 1. The van der Waals surface area contributed by atoms with E-state index in [2.05, 4.69) is 5.10 Å². The van der Waals surface area contributed by atoms with Gasteiger partial charge >= 0.3 is 6.09 Å². The summed E-state index contributed by atoms with van der Waals surface area (Å²) in [7, 11) is 0. The highest BCUT2D eigenvalue weighted by Crippen LogP contribution is 2.28. The number of carbonyl (C=O) groups is 1. The lowest BCUT2D eigenvalue weighted by Gasteiger charge is -2.33. The second kappa shape index (κ2) is 6.10. The number of amides is 1.